The number of rotatable bonds is 3. The molecular formula is C13H16N4O2. The first-order valence-corrected chi connectivity index (χ1v) is 5.90. The van der Waals surface area contributed by atoms with Crippen LogP contribution in [0.25, 0.3) is 0 Å². The van der Waals surface area contributed by atoms with Crippen molar-refractivity contribution in [1.82, 2.24) is 20.1 Å². The minimum atomic E-state index is -0.272. The molecule has 1 amide bonds. The molecule has 2 heterocycles. The number of amides is 1. The van der Waals surface area contributed by atoms with Gasteiger partial charge in [-0.1, -0.05) is 0 Å². The van der Waals surface area contributed by atoms with E-state index in [1.165, 1.54) is 18.5 Å². The average Bonchev–Trinajstić information content (AvgIpc) is 2.61. The first-order valence-electron chi connectivity index (χ1n) is 5.90. The van der Waals surface area contributed by atoms with E-state index in [1.807, 2.05) is 20.9 Å². The lowest BCUT2D eigenvalue weighted by Crippen LogP contribution is -2.23. The van der Waals surface area contributed by atoms with Crippen LogP contribution in [0, 0.1) is 13.8 Å². The Bertz CT molecular complexity index is 619. The van der Waals surface area contributed by atoms with Crippen molar-refractivity contribution >= 4 is 5.91 Å². The Kier molecular flexibility index (Phi) is 3.50. The van der Waals surface area contributed by atoms with Crippen LogP contribution in [-0.2, 0) is 13.6 Å². The maximum atomic E-state index is 11.9. The third kappa shape index (κ3) is 2.73. The quantitative estimate of drug-likeness (QED) is 0.865. The number of aromatic hydroxyl groups is 1. The van der Waals surface area contributed by atoms with Crippen molar-refractivity contribution in [3.63, 3.8) is 0 Å². The number of nitrogens with zero attached hydrogens (tertiary/aromatic N) is 3. The third-order valence-corrected chi connectivity index (χ3v) is 3.07. The number of hydrogen-bond acceptors (Lipinski definition) is 4. The van der Waals surface area contributed by atoms with E-state index in [4.69, 9.17) is 0 Å². The maximum absolute atomic E-state index is 11.9. The van der Waals surface area contributed by atoms with Gasteiger partial charge >= 0.3 is 0 Å². The van der Waals surface area contributed by atoms with Crippen molar-refractivity contribution < 1.29 is 9.90 Å². The molecule has 0 aliphatic carbocycles. The van der Waals surface area contributed by atoms with E-state index in [0.717, 1.165) is 17.0 Å². The van der Waals surface area contributed by atoms with Crippen molar-refractivity contribution in [3.05, 3.63) is 41.0 Å². The van der Waals surface area contributed by atoms with Gasteiger partial charge in [0.1, 0.15) is 5.75 Å². The maximum Gasteiger partial charge on any atom is 0.253 e. The molecule has 0 atom stereocenters. The van der Waals surface area contributed by atoms with Gasteiger partial charge in [-0.15, -0.1) is 0 Å². The molecule has 6 heteroatoms. The van der Waals surface area contributed by atoms with E-state index >= 15 is 0 Å². The molecular weight excluding hydrogens is 244 g/mol. The molecule has 6 nitrogen and oxygen atoms in total. The van der Waals surface area contributed by atoms with Gasteiger partial charge in [0.15, 0.2) is 0 Å². The van der Waals surface area contributed by atoms with Crippen molar-refractivity contribution in [3.8, 4) is 5.75 Å². The Balaban J connectivity index is 2.09. The summed E-state index contributed by atoms with van der Waals surface area (Å²) < 4.78 is 1.78. The fourth-order valence-corrected chi connectivity index (χ4v) is 1.90. The Labute approximate surface area is 111 Å². The van der Waals surface area contributed by atoms with Crippen molar-refractivity contribution in [2.45, 2.75) is 20.4 Å². The van der Waals surface area contributed by atoms with Crippen LogP contribution in [0.5, 0.6) is 5.75 Å². The smallest absolute Gasteiger partial charge is 0.253 e. The van der Waals surface area contributed by atoms with Gasteiger partial charge < -0.3 is 10.4 Å². The number of hydrogen-bond donors (Lipinski definition) is 2. The predicted molar refractivity (Wildman–Crippen MR) is 69.8 cm³/mol. The second-order valence-electron chi connectivity index (χ2n) is 4.39. The van der Waals surface area contributed by atoms with Gasteiger partial charge in [-0.3, -0.25) is 14.5 Å². The van der Waals surface area contributed by atoms with Crippen LogP contribution in [0.1, 0.15) is 27.3 Å². The van der Waals surface area contributed by atoms with Crippen molar-refractivity contribution in [2.24, 2.45) is 7.05 Å². The fraction of sp³-hybridized carbons (Fsp3) is 0.308. The van der Waals surface area contributed by atoms with Crippen LogP contribution in [0.3, 0.4) is 0 Å². The Morgan fingerprint density at radius 3 is 2.74 bits per heavy atom. The molecule has 0 saturated carbocycles. The van der Waals surface area contributed by atoms with E-state index in [0.29, 0.717) is 12.1 Å². The number of carbonyl (C=O) groups excluding carboxylic acids is 1. The molecule has 2 aromatic rings. The highest BCUT2D eigenvalue weighted by molar-refractivity contribution is 5.94. The topological polar surface area (TPSA) is 80.0 Å². The normalized spacial score (nSPS) is 10.5. The average molecular weight is 260 g/mol. The van der Waals surface area contributed by atoms with E-state index in [1.54, 1.807) is 4.68 Å². The van der Waals surface area contributed by atoms with Gasteiger partial charge in [-0.25, -0.2) is 0 Å². The molecule has 2 aromatic heterocycles. The lowest BCUT2D eigenvalue weighted by atomic mass is 10.2. The number of nitrogens with one attached hydrogen (secondary N) is 1. The van der Waals surface area contributed by atoms with Crippen LogP contribution < -0.4 is 5.32 Å². The molecule has 2 rings (SSSR count). The Morgan fingerprint density at radius 2 is 2.16 bits per heavy atom. The van der Waals surface area contributed by atoms with E-state index in [2.05, 4.69) is 15.4 Å². The van der Waals surface area contributed by atoms with Gasteiger partial charge in [0.05, 0.1) is 17.5 Å². The summed E-state index contributed by atoms with van der Waals surface area (Å²) in [4.78, 5) is 15.7. The Morgan fingerprint density at radius 1 is 1.42 bits per heavy atom. The summed E-state index contributed by atoms with van der Waals surface area (Å²) in [6, 6.07) is 1.38. The molecule has 0 unspecified atom stereocenters. The molecule has 0 spiro atoms. The summed E-state index contributed by atoms with van der Waals surface area (Å²) in [6.07, 6.45) is 2.70. The number of aromatic nitrogens is 3. The summed E-state index contributed by atoms with van der Waals surface area (Å²) in [6.45, 7) is 4.27. The number of carbonyl (C=O) groups is 1. The molecule has 0 aliphatic heterocycles. The zero-order valence-electron chi connectivity index (χ0n) is 11.1. The van der Waals surface area contributed by atoms with Crippen molar-refractivity contribution in [2.75, 3.05) is 0 Å². The summed E-state index contributed by atoms with van der Waals surface area (Å²) in [5, 5.41) is 16.4. The van der Waals surface area contributed by atoms with Gasteiger partial charge in [0, 0.05) is 31.0 Å². The van der Waals surface area contributed by atoms with Crippen molar-refractivity contribution in [1.29, 1.82) is 0 Å². The van der Waals surface area contributed by atoms with Crippen LogP contribution >= 0.6 is 0 Å². The molecule has 0 radical (unpaired) electrons. The molecule has 0 fully saturated rings. The van der Waals surface area contributed by atoms with E-state index < -0.39 is 0 Å². The van der Waals surface area contributed by atoms with Gasteiger partial charge in [0.25, 0.3) is 5.91 Å². The predicted octanol–water partition coefficient (Wildman–Crippen LogP) is 1.07. The summed E-state index contributed by atoms with van der Waals surface area (Å²) >= 11 is 0. The zero-order valence-corrected chi connectivity index (χ0v) is 11.1. The minimum Gasteiger partial charge on any atom is -0.506 e. The molecule has 0 bridgehead atoms. The SMILES string of the molecule is Cc1nn(C)c(C)c1CNC(=O)c1cncc(O)c1. The van der Waals surface area contributed by atoms with Crippen LogP contribution in [-0.4, -0.2) is 25.8 Å². The second-order valence-corrected chi connectivity index (χ2v) is 4.39. The highest BCUT2D eigenvalue weighted by Crippen LogP contribution is 2.12. The van der Waals surface area contributed by atoms with Crippen LogP contribution in [0.15, 0.2) is 18.5 Å². The van der Waals surface area contributed by atoms with E-state index in [-0.39, 0.29) is 11.7 Å². The summed E-state index contributed by atoms with van der Waals surface area (Å²) in [5.41, 5.74) is 3.25. The first-order chi connectivity index (χ1) is 8.99. The highest BCUT2D eigenvalue weighted by Gasteiger charge is 2.12. The third-order valence-electron chi connectivity index (χ3n) is 3.07. The standard InChI is InChI=1S/C13H16N4O2/c1-8-12(9(2)17(3)16-8)7-15-13(19)10-4-11(18)6-14-5-10/h4-6,18H,7H2,1-3H3,(H,15,19). The number of aryl methyl sites for hydroxylation is 2. The Hall–Kier alpha value is -2.37. The number of pyridine rings is 1. The fourth-order valence-electron chi connectivity index (χ4n) is 1.90. The largest absolute Gasteiger partial charge is 0.506 e. The van der Waals surface area contributed by atoms with E-state index in [9.17, 15) is 9.90 Å². The molecule has 0 aliphatic rings. The van der Waals surface area contributed by atoms with Gasteiger partial charge in [-0.2, -0.15) is 5.10 Å². The van der Waals surface area contributed by atoms with Gasteiger partial charge in [-0.05, 0) is 19.9 Å². The zero-order chi connectivity index (χ0) is 14.0. The lowest BCUT2D eigenvalue weighted by molar-refractivity contribution is 0.0950. The molecule has 19 heavy (non-hydrogen) atoms. The van der Waals surface area contributed by atoms with Gasteiger partial charge in [0.2, 0.25) is 0 Å². The molecule has 2 N–H and O–H groups in total. The second kappa shape index (κ2) is 5.09. The molecule has 100 valence electrons. The summed E-state index contributed by atoms with van der Waals surface area (Å²) in [5.74, 6) is -0.299. The van der Waals surface area contributed by atoms with Crippen LogP contribution in [0.4, 0.5) is 0 Å². The lowest BCUT2D eigenvalue weighted by Gasteiger charge is -2.06. The highest BCUT2D eigenvalue weighted by atomic mass is 16.3. The first kappa shape index (κ1) is 13.1. The summed E-state index contributed by atoms with van der Waals surface area (Å²) in [7, 11) is 1.87. The van der Waals surface area contributed by atoms with Crippen LogP contribution in [0.2, 0.25) is 0 Å². The minimum absolute atomic E-state index is 0.0265. The molecule has 0 aromatic carbocycles. The monoisotopic (exact) mass is 260 g/mol. The molecule has 0 saturated heterocycles.